The molecule has 3 N–H and O–H groups in total. The van der Waals surface area contributed by atoms with Crippen LogP contribution in [0.5, 0.6) is 5.75 Å². The zero-order valence-electron chi connectivity index (χ0n) is 13.3. The summed E-state index contributed by atoms with van der Waals surface area (Å²) in [6, 6.07) is 15.4. The number of H-pyrrole nitrogens is 1. The van der Waals surface area contributed by atoms with Crippen molar-refractivity contribution in [2.45, 2.75) is 6.92 Å². The molecule has 0 atom stereocenters. The number of amides is 1. The second-order valence-electron chi connectivity index (χ2n) is 5.36. The van der Waals surface area contributed by atoms with E-state index in [4.69, 9.17) is 11.6 Å². The lowest BCUT2D eigenvalue weighted by Crippen LogP contribution is -2.19. The molecule has 0 spiro atoms. The van der Waals surface area contributed by atoms with Crippen LogP contribution in [0.4, 0.5) is 0 Å². The number of carbonyl (C=O) groups excluding carboxylic acids is 1. The third kappa shape index (κ3) is 4.05. The molecule has 1 amide bonds. The van der Waals surface area contributed by atoms with E-state index in [2.05, 4.69) is 20.7 Å². The summed E-state index contributed by atoms with van der Waals surface area (Å²) in [6.07, 6.45) is 0. The van der Waals surface area contributed by atoms with Gasteiger partial charge in [0, 0.05) is 16.1 Å². The molecule has 1 aromatic heterocycles. The molecule has 1 heterocycles. The molecule has 3 rings (SSSR count). The van der Waals surface area contributed by atoms with Gasteiger partial charge in [-0.1, -0.05) is 35.9 Å². The van der Waals surface area contributed by atoms with Crippen LogP contribution in [-0.4, -0.2) is 26.9 Å². The molecule has 0 unspecified atom stereocenters. The molecule has 126 valence electrons. The number of aromatic amines is 1. The van der Waals surface area contributed by atoms with Gasteiger partial charge in [-0.15, -0.1) is 0 Å². The van der Waals surface area contributed by atoms with E-state index in [0.717, 1.165) is 5.56 Å². The van der Waals surface area contributed by atoms with Crippen molar-refractivity contribution in [2.24, 2.45) is 5.10 Å². The van der Waals surface area contributed by atoms with Crippen LogP contribution >= 0.6 is 11.6 Å². The first-order valence-corrected chi connectivity index (χ1v) is 7.86. The monoisotopic (exact) mass is 354 g/mol. The van der Waals surface area contributed by atoms with E-state index in [1.807, 2.05) is 12.1 Å². The molecule has 0 saturated heterocycles. The Labute approximate surface area is 149 Å². The number of hydrogen-bond acceptors (Lipinski definition) is 4. The van der Waals surface area contributed by atoms with Crippen LogP contribution in [0.3, 0.4) is 0 Å². The molecule has 0 bridgehead atoms. The lowest BCUT2D eigenvalue weighted by Gasteiger charge is -2.02. The lowest BCUT2D eigenvalue weighted by molar-refractivity contribution is 0.0950. The van der Waals surface area contributed by atoms with Crippen molar-refractivity contribution in [2.75, 3.05) is 0 Å². The average molecular weight is 355 g/mol. The fourth-order valence-corrected chi connectivity index (χ4v) is 2.32. The number of halogens is 1. The Morgan fingerprint density at radius 3 is 2.68 bits per heavy atom. The molecule has 0 fully saturated rings. The van der Waals surface area contributed by atoms with Crippen molar-refractivity contribution >= 4 is 23.2 Å². The van der Waals surface area contributed by atoms with Crippen LogP contribution in [-0.2, 0) is 0 Å². The highest BCUT2D eigenvalue weighted by atomic mass is 35.5. The summed E-state index contributed by atoms with van der Waals surface area (Å²) in [6.45, 7) is 1.74. The van der Waals surface area contributed by atoms with E-state index in [9.17, 15) is 9.90 Å². The van der Waals surface area contributed by atoms with Gasteiger partial charge in [0.2, 0.25) is 0 Å². The minimum Gasteiger partial charge on any atom is -0.508 e. The van der Waals surface area contributed by atoms with Crippen molar-refractivity contribution in [1.29, 1.82) is 0 Å². The van der Waals surface area contributed by atoms with Gasteiger partial charge in [0.25, 0.3) is 5.91 Å². The third-order valence-corrected chi connectivity index (χ3v) is 3.80. The smallest absolute Gasteiger partial charge is 0.289 e. The Morgan fingerprint density at radius 1 is 1.20 bits per heavy atom. The third-order valence-electron chi connectivity index (χ3n) is 3.55. The Morgan fingerprint density at radius 2 is 1.96 bits per heavy atom. The van der Waals surface area contributed by atoms with Crippen LogP contribution in [0.25, 0.3) is 11.3 Å². The van der Waals surface area contributed by atoms with Crippen LogP contribution in [0.15, 0.2) is 59.7 Å². The maximum absolute atomic E-state index is 12.2. The summed E-state index contributed by atoms with van der Waals surface area (Å²) >= 11 is 5.86. The first kappa shape index (κ1) is 16.7. The number of carbonyl (C=O) groups is 1. The van der Waals surface area contributed by atoms with Crippen LogP contribution in [0.1, 0.15) is 23.0 Å². The minimum atomic E-state index is -0.410. The van der Waals surface area contributed by atoms with E-state index in [0.29, 0.717) is 22.0 Å². The minimum absolute atomic E-state index is 0.138. The predicted octanol–water partition coefficient (Wildman–Crippen LogP) is 3.59. The molecular formula is C18H15ClN4O2. The van der Waals surface area contributed by atoms with E-state index in [1.165, 1.54) is 0 Å². The zero-order valence-corrected chi connectivity index (χ0v) is 14.1. The highest BCUT2D eigenvalue weighted by Crippen LogP contribution is 2.20. The molecule has 25 heavy (non-hydrogen) atoms. The highest BCUT2D eigenvalue weighted by Gasteiger charge is 2.11. The maximum atomic E-state index is 12.2. The first-order valence-electron chi connectivity index (χ1n) is 7.48. The van der Waals surface area contributed by atoms with Gasteiger partial charge in [0.1, 0.15) is 11.4 Å². The van der Waals surface area contributed by atoms with E-state index in [1.54, 1.807) is 49.4 Å². The molecule has 0 radical (unpaired) electrons. The second-order valence-corrected chi connectivity index (χ2v) is 5.80. The summed E-state index contributed by atoms with van der Waals surface area (Å²) in [5.74, 6) is -0.272. The second kappa shape index (κ2) is 7.19. The molecule has 0 saturated carbocycles. The van der Waals surface area contributed by atoms with Crippen molar-refractivity contribution in [3.8, 4) is 17.0 Å². The van der Waals surface area contributed by atoms with Gasteiger partial charge in [-0.25, -0.2) is 5.43 Å². The van der Waals surface area contributed by atoms with Gasteiger partial charge in [0.05, 0.1) is 11.4 Å². The molecule has 0 aliphatic carbocycles. The molecule has 2 aromatic carbocycles. The number of nitrogens with zero attached hydrogens (tertiary/aromatic N) is 2. The molecule has 0 aliphatic rings. The largest absolute Gasteiger partial charge is 0.508 e. The standard InChI is InChI=1S/C18H15ClN4O2/c1-11(13-3-2-4-15(24)9-13)20-23-18(25)17-10-16(21-22-17)12-5-7-14(19)8-6-12/h2-10,24H,1H3,(H,21,22)(H,23,25). The number of rotatable bonds is 4. The van der Waals surface area contributed by atoms with Crippen molar-refractivity contribution < 1.29 is 9.90 Å². The SMILES string of the molecule is CC(=NNC(=O)c1cc(-c2ccc(Cl)cc2)n[nH]1)c1cccc(O)c1. The zero-order chi connectivity index (χ0) is 17.8. The Hall–Kier alpha value is -3.12. The fraction of sp³-hybridized carbons (Fsp3) is 0.0556. The summed E-state index contributed by atoms with van der Waals surface area (Å²) in [7, 11) is 0. The summed E-state index contributed by atoms with van der Waals surface area (Å²) in [5.41, 5.74) is 5.52. The molecular weight excluding hydrogens is 340 g/mol. The van der Waals surface area contributed by atoms with Crippen molar-refractivity contribution in [3.05, 3.63) is 70.9 Å². The van der Waals surface area contributed by atoms with E-state index in [-0.39, 0.29) is 11.4 Å². The van der Waals surface area contributed by atoms with E-state index >= 15 is 0 Å². The van der Waals surface area contributed by atoms with Crippen LogP contribution in [0, 0.1) is 0 Å². The molecule has 0 aliphatic heterocycles. The lowest BCUT2D eigenvalue weighted by atomic mass is 10.1. The van der Waals surface area contributed by atoms with Gasteiger partial charge in [-0.2, -0.15) is 10.2 Å². The number of aromatic hydroxyl groups is 1. The predicted molar refractivity (Wildman–Crippen MR) is 96.8 cm³/mol. The number of benzene rings is 2. The number of phenols is 1. The van der Waals surface area contributed by atoms with Crippen molar-refractivity contribution in [3.63, 3.8) is 0 Å². The number of nitrogens with one attached hydrogen (secondary N) is 2. The van der Waals surface area contributed by atoms with Crippen molar-refractivity contribution in [1.82, 2.24) is 15.6 Å². The Balaban J connectivity index is 1.71. The van der Waals surface area contributed by atoms with Gasteiger partial charge < -0.3 is 5.11 Å². The number of hydrazone groups is 1. The van der Waals surface area contributed by atoms with Crippen LogP contribution in [0.2, 0.25) is 5.02 Å². The topological polar surface area (TPSA) is 90.4 Å². The summed E-state index contributed by atoms with van der Waals surface area (Å²) in [5, 5.41) is 21.0. The van der Waals surface area contributed by atoms with Gasteiger partial charge in [-0.05, 0) is 37.3 Å². The average Bonchev–Trinajstić information content (AvgIpc) is 3.10. The highest BCUT2D eigenvalue weighted by molar-refractivity contribution is 6.30. The van der Waals surface area contributed by atoms with Gasteiger partial charge in [-0.3, -0.25) is 9.89 Å². The number of phenolic OH excluding ortho intramolecular Hbond substituents is 1. The number of hydrogen-bond donors (Lipinski definition) is 3. The first-order chi connectivity index (χ1) is 12.0. The van der Waals surface area contributed by atoms with E-state index < -0.39 is 5.91 Å². The Bertz CT molecular complexity index is 932. The van der Waals surface area contributed by atoms with Crippen LogP contribution < -0.4 is 5.43 Å². The van der Waals surface area contributed by atoms with Gasteiger partial charge >= 0.3 is 0 Å². The molecule has 7 heteroatoms. The summed E-state index contributed by atoms with van der Waals surface area (Å²) < 4.78 is 0. The quantitative estimate of drug-likeness (QED) is 0.494. The van der Waals surface area contributed by atoms with Gasteiger partial charge in [0.15, 0.2) is 0 Å². The molecule has 6 nitrogen and oxygen atoms in total. The fourth-order valence-electron chi connectivity index (χ4n) is 2.20. The number of aromatic nitrogens is 2. The maximum Gasteiger partial charge on any atom is 0.289 e. The normalized spacial score (nSPS) is 11.4. The molecule has 3 aromatic rings. The Kier molecular flexibility index (Phi) is 4.81. The summed E-state index contributed by atoms with van der Waals surface area (Å²) in [4.78, 5) is 12.2.